The summed E-state index contributed by atoms with van der Waals surface area (Å²) in [6.45, 7) is 13.0. The fraction of sp³-hybridized carbons (Fsp3) is 0.500. The molecule has 2 aromatic carbocycles. The zero-order chi connectivity index (χ0) is 36.9. The van der Waals surface area contributed by atoms with Crippen LogP contribution in [0.15, 0.2) is 73.6 Å². The maximum atomic E-state index is 12.5. The molecule has 2 saturated heterocycles. The van der Waals surface area contributed by atoms with Crippen LogP contribution in [0.2, 0.25) is 0 Å². The maximum absolute atomic E-state index is 12.5. The molecule has 2 N–H and O–H groups in total. The number of ether oxygens (including phenoxy) is 2. The SMILES string of the molecule is CC(C)(C)OC(=O)N1CCC(C2c3ccccc3-c3cncn32)C(O)C1.CC(C)(C)OC(=O)N1CCC(O)C(C2c3ccccc3-c3cncn32)C1. The van der Waals surface area contributed by atoms with Crippen molar-refractivity contribution in [2.75, 3.05) is 26.2 Å². The third-order valence-electron chi connectivity index (χ3n) is 10.4. The summed E-state index contributed by atoms with van der Waals surface area (Å²) in [5.74, 6) is -0.0712. The summed E-state index contributed by atoms with van der Waals surface area (Å²) in [6.07, 6.45) is 6.91. The van der Waals surface area contributed by atoms with Crippen LogP contribution in [0, 0.1) is 11.8 Å². The number of aliphatic hydroxyl groups excluding tert-OH is 2. The molecule has 4 aromatic rings. The number of amides is 2. The Bertz CT molecular complexity index is 1920. The lowest BCUT2D eigenvalue weighted by molar-refractivity contribution is -0.0193. The van der Waals surface area contributed by atoms with Crippen LogP contribution in [-0.4, -0.2) is 101 Å². The predicted molar refractivity (Wildman–Crippen MR) is 195 cm³/mol. The Morgan fingerprint density at radius 2 is 1.12 bits per heavy atom. The van der Waals surface area contributed by atoms with Gasteiger partial charge in [-0.2, -0.15) is 0 Å². The fourth-order valence-electron chi connectivity index (χ4n) is 8.20. The Balaban J connectivity index is 0.000000162. The Morgan fingerprint density at radius 1 is 0.654 bits per heavy atom. The quantitative estimate of drug-likeness (QED) is 0.253. The molecule has 12 nitrogen and oxygen atoms in total. The van der Waals surface area contributed by atoms with E-state index in [2.05, 4.69) is 43.4 Å². The predicted octanol–water partition coefficient (Wildman–Crippen LogP) is 6.14. The van der Waals surface area contributed by atoms with E-state index < -0.39 is 23.4 Å². The molecule has 2 fully saturated rings. The second-order valence-corrected chi connectivity index (χ2v) is 16.3. The second kappa shape index (κ2) is 13.7. The minimum absolute atomic E-state index is 0.0241. The van der Waals surface area contributed by atoms with Gasteiger partial charge in [-0.05, 0) is 65.5 Å². The van der Waals surface area contributed by atoms with Crippen LogP contribution in [0.25, 0.3) is 22.5 Å². The first kappa shape index (κ1) is 35.7. The van der Waals surface area contributed by atoms with Gasteiger partial charge >= 0.3 is 12.2 Å². The van der Waals surface area contributed by atoms with Gasteiger partial charge in [-0.3, -0.25) is 0 Å². The van der Waals surface area contributed by atoms with Crippen molar-refractivity contribution in [3.63, 3.8) is 0 Å². The number of aromatic nitrogens is 4. The number of imidazole rings is 2. The lowest BCUT2D eigenvalue weighted by atomic mass is 9.83. The number of hydrogen-bond acceptors (Lipinski definition) is 8. The van der Waals surface area contributed by atoms with E-state index in [4.69, 9.17) is 9.47 Å². The molecule has 2 aromatic heterocycles. The highest BCUT2D eigenvalue weighted by molar-refractivity contribution is 5.71. The Kier molecular flexibility index (Phi) is 9.41. The van der Waals surface area contributed by atoms with Crippen molar-refractivity contribution in [3.05, 3.63) is 84.7 Å². The molecule has 6 heterocycles. The van der Waals surface area contributed by atoms with Gasteiger partial charge in [-0.15, -0.1) is 0 Å². The zero-order valence-corrected chi connectivity index (χ0v) is 30.8. The molecule has 6 atom stereocenters. The van der Waals surface area contributed by atoms with Gasteiger partial charge in [0, 0.05) is 42.6 Å². The third kappa shape index (κ3) is 6.93. The van der Waals surface area contributed by atoms with Crippen LogP contribution in [0.3, 0.4) is 0 Å². The molecule has 12 heteroatoms. The molecule has 2 amide bonds. The molecule has 0 saturated carbocycles. The summed E-state index contributed by atoms with van der Waals surface area (Å²) in [4.78, 5) is 36.8. The van der Waals surface area contributed by atoms with E-state index in [1.165, 1.54) is 16.7 Å². The Hall–Kier alpha value is -4.68. The fourth-order valence-corrected chi connectivity index (χ4v) is 8.20. The molecular weight excluding hydrogens is 660 g/mol. The van der Waals surface area contributed by atoms with Crippen molar-refractivity contribution in [1.82, 2.24) is 28.9 Å². The number of hydrogen-bond donors (Lipinski definition) is 2. The van der Waals surface area contributed by atoms with E-state index >= 15 is 0 Å². The van der Waals surface area contributed by atoms with Crippen molar-refractivity contribution in [2.24, 2.45) is 11.8 Å². The first-order valence-electron chi connectivity index (χ1n) is 18.2. The molecule has 52 heavy (non-hydrogen) atoms. The van der Waals surface area contributed by atoms with Gasteiger partial charge in [0.1, 0.15) is 11.2 Å². The molecule has 8 rings (SSSR count). The van der Waals surface area contributed by atoms with Gasteiger partial charge in [0.25, 0.3) is 0 Å². The summed E-state index contributed by atoms with van der Waals surface area (Å²) in [6, 6.07) is 16.5. The Morgan fingerprint density at radius 3 is 1.62 bits per heavy atom. The highest BCUT2D eigenvalue weighted by Gasteiger charge is 2.43. The van der Waals surface area contributed by atoms with Crippen LogP contribution < -0.4 is 0 Å². The molecule has 4 aliphatic rings. The van der Waals surface area contributed by atoms with E-state index in [1.54, 1.807) is 9.80 Å². The number of β-amino-alcohol motifs (C(OH)–C–C–N with tert-alkyl or cyclic N) is 1. The topological polar surface area (TPSA) is 135 Å². The smallest absolute Gasteiger partial charge is 0.410 e. The maximum Gasteiger partial charge on any atom is 0.410 e. The number of aliphatic hydroxyl groups is 2. The monoisotopic (exact) mass is 710 g/mol. The van der Waals surface area contributed by atoms with E-state index in [-0.39, 0.29) is 36.1 Å². The van der Waals surface area contributed by atoms with Crippen molar-refractivity contribution >= 4 is 12.2 Å². The molecule has 0 radical (unpaired) electrons. The minimum atomic E-state index is -0.609. The van der Waals surface area contributed by atoms with Gasteiger partial charge in [0.15, 0.2) is 0 Å². The molecule has 276 valence electrons. The summed E-state index contributed by atoms with van der Waals surface area (Å²) in [5.41, 5.74) is 5.82. The van der Waals surface area contributed by atoms with Crippen LogP contribution in [0.5, 0.6) is 0 Å². The van der Waals surface area contributed by atoms with Gasteiger partial charge in [-0.25, -0.2) is 19.6 Å². The van der Waals surface area contributed by atoms with Crippen LogP contribution in [0.1, 0.15) is 77.6 Å². The highest BCUT2D eigenvalue weighted by Crippen LogP contribution is 2.47. The van der Waals surface area contributed by atoms with Crippen molar-refractivity contribution in [1.29, 1.82) is 0 Å². The number of carbonyl (C=O) groups is 2. The summed E-state index contributed by atoms with van der Waals surface area (Å²) >= 11 is 0. The summed E-state index contributed by atoms with van der Waals surface area (Å²) < 4.78 is 15.3. The minimum Gasteiger partial charge on any atom is -0.444 e. The van der Waals surface area contributed by atoms with Gasteiger partial charge in [-0.1, -0.05) is 48.5 Å². The zero-order valence-electron chi connectivity index (χ0n) is 30.8. The number of carbonyl (C=O) groups excluding carboxylic acids is 2. The molecular formula is C40H50N6O6. The number of fused-ring (bicyclic) bond motifs is 6. The van der Waals surface area contributed by atoms with E-state index in [0.717, 1.165) is 23.4 Å². The second-order valence-electron chi connectivity index (χ2n) is 16.3. The third-order valence-corrected chi connectivity index (χ3v) is 10.4. The molecule has 4 aliphatic heterocycles. The van der Waals surface area contributed by atoms with Crippen LogP contribution >= 0.6 is 0 Å². The van der Waals surface area contributed by atoms with E-state index in [0.29, 0.717) is 32.6 Å². The number of benzene rings is 2. The van der Waals surface area contributed by atoms with Crippen LogP contribution in [-0.2, 0) is 9.47 Å². The van der Waals surface area contributed by atoms with E-state index in [1.807, 2.05) is 90.9 Å². The van der Waals surface area contributed by atoms with Crippen LogP contribution in [0.4, 0.5) is 9.59 Å². The van der Waals surface area contributed by atoms with Gasteiger partial charge < -0.3 is 38.6 Å². The molecule has 6 unspecified atom stereocenters. The first-order chi connectivity index (χ1) is 24.7. The number of nitrogens with zero attached hydrogens (tertiary/aromatic N) is 6. The summed E-state index contributed by atoms with van der Waals surface area (Å²) in [5, 5.41) is 21.6. The molecule has 0 bridgehead atoms. The van der Waals surface area contributed by atoms with E-state index in [9.17, 15) is 19.8 Å². The normalized spacial score (nSPS) is 24.9. The number of rotatable bonds is 2. The lowest BCUT2D eigenvalue weighted by Crippen LogP contribution is -2.50. The standard InChI is InChI=1S/2C20H25N3O3/c1-20(2,3)26-19(25)22-9-8-17(24)15(11-22)18-14-7-5-4-6-13(14)16-10-21-12-23(16)18;1-20(2,3)26-19(25)22-9-8-15(17(24)11-22)18-14-7-5-4-6-13(14)16-10-21-12-23(16)18/h2*4-7,10,12,15,17-18,24H,8-9,11H2,1-3H3. The van der Waals surface area contributed by atoms with Crippen molar-refractivity contribution < 1.29 is 29.3 Å². The van der Waals surface area contributed by atoms with Crippen molar-refractivity contribution in [3.8, 4) is 22.5 Å². The molecule has 0 spiro atoms. The number of likely N-dealkylation sites (tertiary alicyclic amines) is 2. The van der Waals surface area contributed by atoms with Gasteiger partial charge in [0.2, 0.25) is 0 Å². The number of piperidine rings is 2. The summed E-state index contributed by atoms with van der Waals surface area (Å²) in [7, 11) is 0. The first-order valence-corrected chi connectivity index (χ1v) is 18.2. The van der Waals surface area contributed by atoms with Gasteiger partial charge in [0.05, 0.1) is 67.3 Å². The average Bonchev–Trinajstić information content (AvgIpc) is 3.86. The Labute approximate surface area is 305 Å². The molecule has 0 aliphatic carbocycles. The largest absolute Gasteiger partial charge is 0.444 e. The lowest BCUT2D eigenvalue weighted by Gasteiger charge is -2.40. The average molecular weight is 711 g/mol. The van der Waals surface area contributed by atoms with Crippen molar-refractivity contribution in [2.45, 2.75) is 89.9 Å². The highest BCUT2D eigenvalue weighted by atomic mass is 16.6.